The summed E-state index contributed by atoms with van der Waals surface area (Å²) in [5.41, 5.74) is 0. The first-order valence-corrected chi connectivity index (χ1v) is 7.36. The molecule has 19 heavy (non-hydrogen) atoms. The molecule has 1 aliphatic heterocycles. The fourth-order valence-corrected chi connectivity index (χ4v) is 3.53. The van der Waals surface area contributed by atoms with Gasteiger partial charge in [-0.05, 0) is 25.0 Å². The van der Waals surface area contributed by atoms with E-state index in [0.29, 0.717) is 17.4 Å². The number of amides is 1. The van der Waals surface area contributed by atoms with Gasteiger partial charge in [0.1, 0.15) is 0 Å². The van der Waals surface area contributed by atoms with Gasteiger partial charge in [0.15, 0.2) is 0 Å². The van der Waals surface area contributed by atoms with Crippen molar-refractivity contribution in [1.29, 1.82) is 0 Å². The number of hydrogen-bond donors (Lipinski definition) is 1. The molecular weight excluding hydrogens is 286 g/mol. The van der Waals surface area contributed by atoms with Gasteiger partial charge in [-0.25, -0.2) is 0 Å². The predicted octanol–water partition coefficient (Wildman–Crippen LogP) is 2.68. The minimum atomic E-state index is -0.824. The lowest BCUT2D eigenvalue weighted by Gasteiger charge is -2.20. The number of carboxylic acid groups (broad SMARTS) is 1. The maximum Gasteiger partial charge on any atom is 0.308 e. The molecule has 0 aromatic carbocycles. The number of aliphatic carboxylic acids is 1. The highest BCUT2D eigenvalue weighted by Gasteiger charge is 2.38. The van der Waals surface area contributed by atoms with E-state index in [2.05, 4.69) is 0 Å². The quantitative estimate of drug-likeness (QED) is 0.934. The number of thiophene rings is 1. The van der Waals surface area contributed by atoms with Crippen molar-refractivity contribution < 1.29 is 14.7 Å². The third-order valence-corrected chi connectivity index (χ3v) is 5.05. The summed E-state index contributed by atoms with van der Waals surface area (Å²) < 4.78 is 0.660. The van der Waals surface area contributed by atoms with Gasteiger partial charge in [-0.1, -0.05) is 18.5 Å². The molecule has 0 spiro atoms. The Morgan fingerprint density at radius 3 is 2.63 bits per heavy atom. The highest BCUT2D eigenvalue weighted by molar-refractivity contribution is 7.16. The van der Waals surface area contributed by atoms with E-state index in [1.807, 2.05) is 19.9 Å². The van der Waals surface area contributed by atoms with Crippen molar-refractivity contribution in [3.8, 4) is 0 Å². The monoisotopic (exact) mass is 301 g/mol. The average Bonchev–Trinajstić information content (AvgIpc) is 2.93. The minimum absolute atomic E-state index is 0.000531. The number of carboxylic acids is 1. The van der Waals surface area contributed by atoms with E-state index in [0.717, 1.165) is 4.88 Å². The molecule has 0 bridgehead atoms. The number of likely N-dealkylation sites (tertiary alicyclic amines) is 1. The first-order valence-electron chi connectivity index (χ1n) is 6.17. The third kappa shape index (κ3) is 2.92. The number of halogens is 1. The van der Waals surface area contributed by atoms with Crippen molar-refractivity contribution in [1.82, 2.24) is 4.90 Å². The Morgan fingerprint density at radius 2 is 2.16 bits per heavy atom. The molecule has 3 atom stereocenters. The first-order chi connectivity index (χ1) is 8.90. The van der Waals surface area contributed by atoms with Crippen LogP contribution in [0.25, 0.3) is 0 Å². The zero-order chi connectivity index (χ0) is 14.2. The molecule has 1 unspecified atom stereocenters. The Kier molecular flexibility index (Phi) is 4.16. The summed E-state index contributed by atoms with van der Waals surface area (Å²) in [6.45, 7) is 4.53. The minimum Gasteiger partial charge on any atom is -0.481 e. The molecule has 1 aromatic heterocycles. The van der Waals surface area contributed by atoms with Crippen molar-refractivity contribution in [3.05, 3.63) is 21.3 Å². The number of nitrogens with zero attached hydrogens (tertiary/aromatic N) is 1. The van der Waals surface area contributed by atoms with Crippen LogP contribution in [0.3, 0.4) is 0 Å². The Labute approximate surface area is 121 Å². The van der Waals surface area contributed by atoms with Gasteiger partial charge in [0, 0.05) is 18.0 Å². The molecular formula is C13H16ClNO3S. The second-order valence-electron chi connectivity index (χ2n) is 5.03. The average molecular weight is 302 g/mol. The maximum atomic E-state index is 12.4. The Bertz CT molecular complexity index is 502. The number of rotatable bonds is 3. The van der Waals surface area contributed by atoms with Crippen LogP contribution in [0.2, 0.25) is 4.34 Å². The molecule has 1 aliphatic rings. The molecule has 2 rings (SSSR count). The van der Waals surface area contributed by atoms with Gasteiger partial charge in [0.2, 0.25) is 5.91 Å². The van der Waals surface area contributed by atoms with Gasteiger partial charge < -0.3 is 10.0 Å². The van der Waals surface area contributed by atoms with Crippen molar-refractivity contribution in [2.24, 2.45) is 11.8 Å². The van der Waals surface area contributed by atoms with Gasteiger partial charge in [-0.15, -0.1) is 11.3 Å². The van der Waals surface area contributed by atoms with Crippen LogP contribution in [0.15, 0.2) is 12.1 Å². The fourth-order valence-electron chi connectivity index (χ4n) is 2.42. The normalized spacial score (nSPS) is 24.5. The molecule has 6 heteroatoms. The predicted molar refractivity (Wildman–Crippen MR) is 74.6 cm³/mol. The van der Waals surface area contributed by atoms with E-state index in [9.17, 15) is 9.59 Å². The van der Waals surface area contributed by atoms with Crippen LogP contribution in [0.1, 0.15) is 24.6 Å². The molecule has 0 aliphatic carbocycles. The molecule has 1 aromatic rings. The van der Waals surface area contributed by atoms with Crippen molar-refractivity contribution in [2.45, 2.75) is 19.8 Å². The second-order valence-corrected chi connectivity index (χ2v) is 6.78. The first kappa shape index (κ1) is 14.3. The Balaban J connectivity index is 2.07. The molecule has 104 valence electrons. The molecule has 0 saturated carbocycles. The lowest BCUT2D eigenvalue weighted by atomic mass is 9.99. The summed E-state index contributed by atoms with van der Waals surface area (Å²) in [7, 11) is 0. The summed E-state index contributed by atoms with van der Waals surface area (Å²) in [6, 6.07) is 3.63. The van der Waals surface area contributed by atoms with Gasteiger partial charge >= 0.3 is 5.97 Å². The van der Waals surface area contributed by atoms with Crippen molar-refractivity contribution >= 4 is 34.8 Å². The summed E-state index contributed by atoms with van der Waals surface area (Å²) in [4.78, 5) is 26.0. The maximum absolute atomic E-state index is 12.4. The van der Waals surface area contributed by atoms with Crippen molar-refractivity contribution in [3.63, 3.8) is 0 Å². The summed E-state index contributed by atoms with van der Waals surface area (Å²) >= 11 is 7.27. The van der Waals surface area contributed by atoms with Crippen LogP contribution in [0, 0.1) is 11.8 Å². The largest absolute Gasteiger partial charge is 0.481 e. The van der Waals surface area contributed by atoms with Gasteiger partial charge in [-0.2, -0.15) is 0 Å². The zero-order valence-electron chi connectivity index (χ0n) is 10.8. The fraction of sp³-hybridized carbons (Fsp3) is 0.538. The summed E-state index contributed by atoms with van der Waals surface area (Å²) in [6.07, 6.45) is 0. The van der Waals surface area contributed by atoms with E-state index in [4.69, 9.17) is 16.7 Å². The Morgan fingerprint density at radius 1 is 1.47 bits per heavy atom. The van der Waals surface area contributed by atoms with Gasteiger partial charge in [0.05, 0.1) is 16.2 Å². The molecule has 2 heterocycles. The molecule has 0 radical (unpaired) electrons. The third-order valence-electron chi connectivity index (χ3n) is 3.63. The summed E-state index contributed by atoms with van der Waals surface area (Å²) in [5.74, 6) is -1.57. The lowest BCUT2D eigenvalue weighted by Crippen LogP contribution is -2.33. The standard InChI is InChI=1S/C13H16ClNO3S/c1-7-5-15(6-9(7)13(17)18)12(16)8(2)10-3-4-11(14)19-10/h3-4,7-9H,5-6H2,1-2H3,(H,17,18)/t7-,8?,9-/m1/s1. The van der Waals surface area contributed by atoms with Crippen LogP contribution in [-0.4, -0.2) is 35.0 Å². The van der Waals surface area contributed by atoms with E-state index in [-0.39, 0.29) is 17.7 Å². The highest BCUT2D eigenvalue weighted by Crippen LogP contribution is 2.31. The molecule has 4 nitrogen and oxygen atoms in total. The van der Waals surface area contributed by atoms with E-state index in [1.165, 1.54) is 11.3 Å². The smallest absolute Gasteiger partial charge is 0.308 e. The lowest BCUT2D eigenvalue weighted by molar-refractivity contribution is -0.142. The molecule has 1 saturated heterocycles. The van der Waals surface area contributed by atoms with E-state index >= 15 is 0 Å². The van der Waals surface area contributed by atoms with Gasteiger partial charge in [0.25, 0.3) is 0 Å². The van der Waals surface area contributed by atoms with E-state index in [1.54, 1.807) is 11.0 Å². The second kappa shape index (κ2) is 5.51. The molecule has 1 amide bonds. The number of carbonyl (C=O) groups excluding carboxylic acids is 1. The summed E-state index contributed by atoms with van der Waals surface area (Å²) in [5, 5.41) is 9.09. The Hall–Kier alpha value is -1.07. The van der Waals surface area contributed by atoms with Crippen LogP contribution >= 0.6 is 22.9 Å². The number of carbonyl (C=O) groups is 2. The van der Waals surface area contributed by atoms with Crippen LogP contribution in [0.4, 0.5) is 0 Å². The van der Waals surface area contributed by atoms with Crippen molar-refractivity contribution in [2.75, 3.05) is 13.1 Å². The zero-order valence-corrected chi connectivity index (χ0v) is 12.4. The highest BCUT2D eigenvalue weighted by atomic mass is 35.5. The molecule has 1 fully saturated rings. The van der Waals surface area contributed by atoms with E-state index < -0.39 is 11.9 Å². The number of hydrogen-bond acceptors (Lipinski definition) is 3. The van der Waals surface area contributed by atoms with Crippen LogP contribution in [0.5, 0.6) is 0 Å². The molecule has 1 N–H and O–H groups in total. The van der Waals surface area contributed by atoms with Crippen LogP contribution < -0.4 is 0 Å². The van der Waals surface area contributed by atoms with Gasteiger partial charge in [-0.3, -0.25) is 9.59 Å². The SMILES string of the molecule is CC(C(=O)N1C[C@@H](C)[C@H](C(=O)O)C1)c1ccc(Cl)s1. The van der Waals surface area contributed by atoms with Crippen LogP contribution in [-0.2, 0) is 9.59 Å². The topological polar surface area (TPSA) is 57.6 Å².